The summed E-state index contributed by atoms with van der Waals surface area (Å²) in [5, 5.41) is 9.74. The van der Waals surface area contributed by atoms with E-state index in [4.69, 9.17) is 11.6 Å². The Morgan fingerprint density at radius 3 is 3.00 bits per heavy atom. The van der Waals surface area contributed by atoms with Gasteiger partial charge in [-0.3, -0.25) is 0 Å². The third-order valence-corrected chi connectivity index (χ3v) is 3.50. The molecular weight excluding hydrogens is 317 g/mol. The highest BCUT2D eigenvalue weighted by molar-refractivity contribution is 6.32. The van der Waals surface area contributed by atoms with Crippen LogP contribution in [-0.4, -0.2) is 16.5 Å². The highest BCUT2D eigenvalue weighted by Crippen LogP contribution is 2.28. The number of benzene rings is 1. The van der Waals surface area contributed by atoms with Crippen molar-refractivity contribution < 1.29 is 4.39 Å². The topological polar surface area (TPSA) is 61.9 Å². The van der Waals surface area contributed by atoms with Crippen LogP contribution in [0.15, 0.2) is 54.6 Å². The molecule has 0 amide bonds. The van der Waals surface area contributed by atoms with Crippen molar-refractivity contribution in [2.24, 2.45) is 0 Å². The fraction of sp³-hybridized carbons (Fsp3) is 0.125. The number of aromatic nitrogens is 2. The number of hydrogen-bond acceptors (Lipinski definition) is 5. The van der Waals surface area contributed by atoms with Crippen molar-refractivity contribution in [2.45, 2.75) is 6.54 Å². The van der Waals surface area contributed by atoms with Crippen molar-refractivity contribution in [1.82, 2.24) is 15.3 Å². The lowest BCUT2D eigenvalue weighted by Crippen LogP contribution is -2.14. The van der Waals surface area contributed by atoms with E-state index in [2.05, 4.69) is 25.9 Å². The first-order valence-electron chi connectivity index (χ1n) is 7.08. The van der Waals surface area contributed by atoms with Crippen LogP contribution in [0.5, 0.6) is 0 Å². The molecule has 1 aromatic heterocycles. The maximum Gasteiger partial charge on any atom is 0.158 e. The van der Waals surface area contributed by atoms with Crippen LogP contribution in [-0.2, 0) is 6.54 Å². The van der Waals surface area contributed by atoms with E-state index in [9.17, 15) is 4.39 Å². The van der Waals surface area contributed by atoms with Crippen LogP contribution in [0.25, 0.3) is 0 Å². The highest BCUT2D eigenvalue weighted by atomic mass is 35.5. The molecule has 5 nitrogen and oxygen atoms in total. The fourth-order valence-electron chi connectivity index (χ4n) is 2.14. The number of dihydropyridines is 1. The second kappa shape index (κ2) is 7.11. The molecule has 2 heterocycles. The van der Waals surface area contributed by atoms with Gasteiger partial charge in [-0.2, -0.15) is 0 Å². The smallest absolute Gasteiger partial charge is 0.158 e. The van der Waals surface area contributed by atoms with Gasteiger partial charge in [0.15, 0.2) is 11.0 Å². The molecule has 0 saturated carbocycles. The van der Waals surface area contributed by atoms with Crippen LogP contribution >= 0.6 is 11.6 Å². The van der Waals surface area contributed by atoms with E-state index < -0.39 is 0 Å². The van der Waals surface area contributed by atoms with E-state index in [1.165, 1.54) is 18.5 Å². The number of allylic oxidation sites excluding steroid dienone is 1. The van der Waals surface area contributed by atoms with Crippen molar-refractivity contribution in [3.63, 3.8) is 0 Å². The Bertz CT molecular complexity index is 760. The summed E-state index contributed by atoms with van der Waals surface area (Å²) in [4.78, 5) is 8.21. The third kappa shape index (κ3) is 3.98. The molecule has 0 radical (unpaired) electrons. The quantitative estimate of drug-likeness (QED) is 0.734. The van der Waals surface area contributed by atoms with Gasteiger partial charge < -0.3 is 16.0 Å². The number of hydrogen-bond donors (Lipinski definition) is 3. The average Bonchev–Trinajstić information content (AvgIpc) is 2.55. The van der Waals surface area contributed by atoms with E-state index in [0.29, 0.717) is 23.2 Å². The fourth-order valence-corrected chi connectivity index (χ4v) is 2.34. The van der Waals surface area contributed by atoms with Gasteiger partial charge >= 0.3 is 0 Å². The molecule has 0 unspecified atom stereocenters. The average molecular weight is 332 g/mol. The minimum Gasteiger partial charge on any atom is -0.386 e. The maximum atomic E-state index is 13.2. The molecular formula is C16H15ClFN5. The third-order valence-electron chi connectivity index (χ3n) is 3.21. The van der Waals surface area contributed by atoms with Gasteiger partial charge in [-0.25, -0.2) is 14.4 Å². The van der Waals surface area contributed by atoms with Gasteiger partial charge in [0.25, 0.3) is 0 Å². The minimum absolute atomic E-state index is 0.276. The zero-order valence-corrected chi connectivity index (χ0v) is 12.9. The first kappa shape index (κ1) is 15.3. The second-order valence-electron chi connectivity index (χ2n) is 4.91. The van der Waals surface area contributed by atoms with Crippen molar-refractivity contribution in [1.29, 1.82) is 0 Å². The van der Waals surface area contributed by atoms with Crippen LogP contribution in [0.1, 0.15) is 5.56 Å². The SMILES string of the molecule is Fc1cccc(CNc2c(Cl)ncnc2NC2=CNCC=C2)c1. The molecule has 23 heavy (non-hydrogen) atoms. The summed E-state index contributed by atoms with van der Waals surface area (Å²) < 4.78 is 13.2. The van der Waals surface area contributed by atoms with Crippen LogP contribution in [0, 0.1) is 5.82 Å². The number of nitrogens with zero attached hydrogens (tertiary/aromatic N) is 2. The van der Waals surface area contributed by atoms with E-state index in [-0.39, 0.29) is 5.82 Å². The summed E-state index contributed by atoms with van der Waals surface area (Å²) in [6.45, 7) is 1.20. The number of nitrogens with one attached hydrogen (secondary N) is 3. The molecule has 0 atom stereocenters. The van der Waals surface area contributed by atoms with Crippen molar-refractivity contribution >= 4 is 23.1 Å². The molecule has 3 rings (SSSR count). The molecule has 1 aliphatic heterocycles. The van der Waals surface area contributed by atoms with Crippen LogP contribution in [0.4, 0.5) is 15.9 Å². The zero-order chi connectivity index (χ0) is 16.1. The number of halogens is 2. The van der Waals surface area contributed by atoms with Gasteiger partial charge in [0.05, 0.1) is 5.70 Å². The normalized spacial score (nSPS) is 13.2. The molecule has 1 aliphatic rings. The molecule has 2 aromatic rings. The lowest BCUT2D eigenvalue weighted by molar-refractivity contribution is 0.626. The monoisotopic (exact) mass is 331 g/mol. The first-order valence-corrected chi connectivity index (χ1v) is 7.46. The molecule has 0 aliphatic carbocycles. The van der Waals surface area contributed by atoms with Gasteiger partial charge in [0.2, 0.25) is 0 Å². The van der Waals surface area contributed by atoms with Gasteiger partial charge in [0.1, 0.15) is 17.8 Å². The molecule has 118 valence electrons. The van der Waals surface area contributed by atoms with Crippen LogP contribution in [0.3, 0.4) is 0 Å². The van der Waals surface area contributed by atoms with Gasteiger partial charge in [-0.15, -0.1) is 0 Å². The van der Waals surface area contributed by atoms with Crippen LogP contribution in [0.2, 0.25) is 5.15 Å². The molecule has 7 heteroatoms. The summed E-state index contributed by atoms with van der Waals surface area (Å²) >= 11 is 6.16. The van der Waals surface area contributed by atoms with Gasteiger partial charge in [0, 0.05) is 19.3 Å². The summed E-state index contributed by atoms with van der Waals surface area (Å²) in [5.41, 5.74) is 2.23. The molecule has 0 bridgehead atoms. The predicted octanol–water partition coefficient (Wildman–Crippen LogP) is 3.29. The number of rotatable bonds is 5. The lowest BCUT2D eigenvalue weighted by atomic mass is 10.2. The van der Waals surface area contributed by atoms with Gasteiger partial charge in [-0.05, 0) is 23.8 Å². The van der Waals surface area contributed by atoms with E-state index in [1.54, 1.807) is 6.07 Å². The van der Waals surface area contributed by atoms with Crippen molar-refractivity contribution in [3.05, 3.63) is 71.2 Å². The van der Waals surface area contributed by atoms with E-state index in [0.717, 1.165) is 17.8 Å². The Hall–Kier alpha value is -2.60. The molecule has 0 spiro atoms. The summed E-state index contributed by atoms with van der Waals surface area (Å²) in [6.07, 6.45) is 7.18. The number of anilines is 2. The Balaban J connectivity index is 1.78. The summed E-state index contributed by atoms with van der Waals surface area (Å²) in [6, 6.07) is 6.37. The standard InChI is InChI=1S/C16H15ClFN5/c17-15-14(20-8-11-3-1-4-12(18)7-11)16(22-10-21-15)23-13-5-2-6-19-9-13/h1-5,7,9-10,19-20H,6,8H2,(H,21,22,23). The maximum absolute atomic E-state index is 13.2. The molecule has 3 N–H and O–H groups in total. The largest absolute Gasteiger partial charge is 0.386 e. The Kier molecular flexibility index (Phi) is 4.73. The van der Waals surface area contributed by atoms with Crippen molar-refractivity contribution in [2.75, 3.05) is 17.2 Å². The van der Waals surface area contributed by atoms with E-state index >= 15 is 0 Å². The lowest BCUT2D eigenvalue weighted by Gasteiger charge is -2.15. The van der Waals surface area contributed by atoms with E-state index in [1.807, 2.05) is 24.4 Å². The summed E-state index contributed by atoms with van der Waals surface area (Å²) in [7, 11) is 0. The Morgan fingerprint density at radius 2 is 2.22 bits per heavy atom. The molecule has 1 aromatic carbocycles. The minimum atomic E-state index is -0.276. The highest BCUT2D eigenvalue weighted by Gasteiger charge is 2.11. The predicted molar refractivity (Wildman–Crippen MR) is 89.6 cm³/mol. The molecule has 0 fully saturated rings. The second-order valence-corrected chi connectivity index (χ2v) is 5.26. The Morgan fingerprint density at radius 1 is 1.30 bits per heavy atom. The molecule has 0 saturated heterocycles. The zero-order valence-electron chi connectivity index (χ0n) is 12.2. The summed E-state index contributed by atoms with van der Waals surface area (Å²) in [5.74, 6) is 0.280. The Labute approximate surface area is 138 Å². The van der Waals surface area contributed by atoms with Gasteiger partial charge in [-0.1, -0.05) is 29.8 Å². The van der Waals surface area contributed by atoms with Crippen molar-refractivity contribution in [3.8, 4) is 0 Å². The first-order chi connectivity index (χ1) is 11.2. The van der Waals surface area contributed by atoms with Crippen LogP contribution < -0.4 is 16.0 Å².